The highest BCUT2D eigenvalue weighted by Gasteiger charge is 2.20. The Hall–Kier alpha value is -6.45. The number of oxazole rings is 1. The number of nitrogens with zero attached hydrogens (tertiary/aromatic N) is 2. The van der Waals surface area contributed by atoms with E-state index in [0.29, 0.717) is 5.89 Å². The van der Waals surface area contributed by atoms with Crippen molar-refractivity contribution in [2.45, 2.75) is 0 Å². The van der Waals surface area contributed by atoms with Crippen molar-refractivity contribution in [1.82, 2.24) is 4.98 Å². The molecule has 226 valence electrons. The molecular weight excluding hydrogens is 585 g/mol. The lowest BCUT2D eigenvalue weighted by Gasteiger charge is -2.27. The third kappa shape index (κ3) is 4.99. The first kappa shape index (κ1) is 27.8. The Morgan fingerprint density at radius 1 is 0.396 bits per heavy atom. The van der Waals surface area contributed by atoms with Crippen LogP contribution in [0.25, 0.3) is 66.4 Å². The Bertz CT molecular complexity index is 2540. The Balaban J connectivity index is 1.15. The van der Waals surface area contributed by atoms with Gasteiger partial charge in [-0.25, -0.2) is 4.98 Å². The van der Waals surface area contributed by atoms with Gasteiger partial charge in [0.1, 0.15) is 5.52 Å². The fourth-order valence-electron chi connectivity index (χ4n) is 6.66. The summed E-state index contributed by atoms with van der Waals surface area (Å²) in [5.41, 5.74) is 10.4. The molecule has 0 saturated carbocycles. The fraction of sp³-hybridized carbons (Fsp3) is 0. The van der Waals surface area contributed by atoms with Crippen molar-refractivity contribution in [1.29, 1.82) is 0 Å². The molecule has 0 fully saturated rings. The summed E-state index contributed by atoms with van der Waals surface area (Å²) >= 11 is 0. The predicted octanol–water partition coefficient (Wildman–Crippen LogP) is 12.6. The third-order valence-corrected chi connectivity index (χ3v) is 9.08. The van der Waals surface area contributed by atoms with Crippen LogP contribution in [-0.4, -0.2) is 4.98 Å². The molecule has 3 nitrogen and oxygen atoms in total. The zero-order chi connectivity index (χ0) is 31.9. The quantitative estimate of drug-likeness (QED) is 0.187. The topological polar surface area (TPSA) is 29.3 Å². The van der Waals surface area contributed by atoms with Gasteiger partial charge in [0.05, 0.1) is 11.1 Å². The van der Waals surface area contributed by atoms with Crippen LogP contribution in [-0.2, 0) is 0 Å². The highest BCUT2D eigenvalue weighted by atomic mass is 16.3. The van der Waals surface area contributed by atoms with E-state index in [1.807, 2.05) is 6.07 Å². The van der Waals surface area contributed by atoms with Gasteiger partial charge in [-0.05, 0) is 93.0 Å². The van der Waals surface area contributed by atoms with Gasteiger partial charge in [0.2, 0.25) is 5.89 Å². The second kappa shape index (κ2) is 11.7. The first-order valence-electron chi connectivity index (χ1n) is 16.2. The van der Waals surface area contributed by atoms with Crippen molar-refractivity contribution in [3.63, 3.8) is 0 Å². The van der Waals surface area contributed by atoms with E-state index in [-0.39, 0.29) is 0 Å². The standard InChI is InChI=1S/C45H30N2O/c1-3-10-31(11-4-1)33-18-21-36(22-19-33)45-46-41-29-26-35-14-9-17-42(43(35)44(41)48-45)47(39-15-5-2-6-16-39)40-27-24-34(25-28-40)38-23-20-32-12-7-8-13-37(32)30-38/h1-30H. The summed E-state index contributed by atoms with van der Waals surface area (Å²) in [7, 11) is 0. The lowest BCUT2D eigenvalue weighted by Crippen LogP contribution is -2.10. The number of anilines is 3. The van der Waals surface area contributed by atoms with E-state index in [1.165, 1.54) is 27.5 Å². The van der Waals surface area contributed by atoms with Crippen molar-refractivity contribution in [3.8, 4) is 33.7 Å². The smallest absolute Gasteiger partial charge is 0.227 e. The Morgan fingerprint density at radius 2 is 0.958 bits per heavy atom. The SMILES string of the molecule is c1ccc(-c2ccc(-c3nc4ccc5cccc(N(c6ccccc6)c6ccc(-c7ccc8ccccc8c7)cc6)c5c4o3)cc2)cc1. The molecule has 1 heterocycles. The maximum atomic E-state index is 6.65. The van der Waals surface area contributed by atoms with Crippen LogP contribution in [0, 0.1) is 0 Å². The Kier molecular flexibility index (Phi) is 6.80. The molecule has 0 N–H and O–H groups in total. The second-order valence-corrected chi connectivity index (χ2v) is 12.0. The van der Waals surface area contributed by atoms with Crippen LogP contribution in [0.4, 0.5) is 17.1 Å². The van der Waals surface area contributed by atoms with Gasteiger partial charge in [-0.3, -0.25) is 0 Å². The number of fused-ring (bicyclic) bond motifs is 4. The van der Waals surface area contributed by atoms with Gasteiger partial charge >= 0.3 is 0 Å². The molecule has 3 heteroatoms. The number of para-hydroxylation sites is 1. The van der Waals surface area contributed by atoms with Gasteiger partial charge in [0, 0.05) is 16.9 Å². The minimum Gasteiger partial charge on any atom is -0.435 e. The Morgan fingerprint density at radius 3 is 1.75 bits per heavy atom. The van der Waals surface area contributed by atoms with Gasteiger partial charge in [-0.2, -0.15) is 0 Å². The highest BCUT2D eigenvalue weighted by Crippen LogP contribution is 2.43. The minimum absolute atomic E-state index is 0.609. The molecule has 0 aliphatic carbocycles. The molecule has 0 unspecified atom stereocenters. The summed E-state index contributed by atoms with van der Waals surface area (Å²) in [5.74, 6) is 0.609. The molecule has 0 aliphatic rings. The largest absolute Gasteiger partial charge is 0.435 e. The molecule has 9 rings (SSSR count). The van der Waals surface area contributed by atoms with Gasteiger partial charge in [-0.1, -0.05) is 127 Å². The third-order valence-electron chi connectivity index (χ3n) is 9.08. The van der Waals surface area contributed by atoms with Crippen molar-refractivity contribution < 1.29 is 4.42 Å². The van der Waals surface area contributed by atoms with Crippen LogP contribution < -0.4 is 4.90 Å². The normalized spacial score (nSPS) is 11.3. The monoisotopic (exact) mass is 614 g/mol. The molecule has 1 aromatic heterocycles. The predicted molar refractivity (Wildman–Crippen MR) is 200 cm³/mol. The minimum atomic E-state index is 0.609. The van der Waals surface area contributed by atoms with Crippen molar-refractivity contribution in [3.05, 3.63) is 182 Å². The summed E-state index contributed by atoms with van der Waals surface area (Å²) in [5, 5.41) is 4.60. The molecule has 0 spiro atoms. The molecule has 0 aliphatic heterocycles. The number of hydrogen-bond acceptors (Lipinski definition) is 3. The van der Waals surface area contributed by atoms with E-state index in [1.54, 1.807) is 0 Å². The molecular formula is C45H30N2O. The molecule has 0 bridgehead atoms. The molecule has 0 radical (unpaired) electrons. The van der Waals surface area contributed by atoms with Crippen LogP contribution in [0.1, 0.15) is 0 Å². The van der Waals surface area contributed by atoms with E-state index >= 15 is 0 Å². The van der Waals surface area contributed by atoms with Crippen molar-refractivity contribution >= 4 is 49.7 Å². The molecule has 0 amide bonds. The number of aromatic nitrogens is 1. The summed E-state index contributed by atoms with van der Waals surface area (Å²) in [6.07, 6.45) is 0. The van der Waals surface area contributed by atoms with Crippen LogP contribution in [0.5, 0.6) is 0 Å². The first-order valence-corrected chi connectivity index (χ1v) is 16.2. The van der Waals surface area contributed by atoms with Gasteiger partial charge in [0.25, 0.3) is 0 Å². The first-order chi connectivity index (χ1) is 23.8. The van der Waals surface area contributed by atoms with Crippen molar-refractivity contribution in [2.75, 3.05) is 4.90 Å². The van der Waals surface area contributed by atoms with Gasteiger partial charge < -0.3 is 9.32 Å². The maximum Gasteiger partial charge on any atom is 0.227 e. The zero-order valence-corrected chi connectivity index (χ0v) is 26.1. The zero-order valence-electron chi connectivity index (χ0n) is 26.1. The second-order valence-electron chi connectivity index (χ2n) is 12.0. The summed E-state index contributed by atoms with van der Waals surface area (Å²) in [6, 6.07) is 63.9. The van der Waals surface area contributed by atoms with E-state index < -0.39 is 0 Å². The molecule has 9 aromatic rings. The van der Waals surface area contributed by atoms with Crippen LogP contribution in [0.3, 0.4) is 0 Å². The Labute approximate surface area is 279 Å². The summed E-state index contributed by atoms with van der Waals surface area (Å²) in [6.45, 7) is 0. The number of hydrogen-bond donors (Lipinski definition) is 0. The molecule has 0 saturated heterocycles. The maximum absolute atomic E-state index is 6.65. The lowest BCUT2D eigenvalue weighted by atomic mass is 10.0. The van der Waals surface area contributed by atoms with Crippen LogP contribution >= 0.6 is 0 Å². The molecule has 8 aromatic carbocycles. The molecule has 48 heavy (non-hydrogen) atoms. The van der Waals surface area contributed by atoms with E-state index in [2.05, 4.69) is 181 Å². The molecule has 0 atom stereocenters. The van der Waals surface area contributed by atoms with Crippen molar-refractivity contribution in [2.24, 2.45) is 0 Å². The lowest BCUT2D eigenvalue weighted by molar-refractivity contribution is 0.623. The number of rotatable bonds is 6. The summed E-state index contributed by atoms with van der Waals surface area (Å²) in [4.78, 5) is 7.27. The highest BCUT2D eigenvalue weighted by molar-refractivity contribution is 6.12. The van der Waals surface area contributed by atoms with Gasteiger partial charge in [0.15, 0.2) is 5.58 Å². The van der Waals surface area contributed by atoms with Crippen LogP contribution in [0.2, 0.25) is 0 Å². The van der Waals surface area contributed by atoms with Gasteiger partial charge in [-0.15, -0.1) is 0 Å². The van der Waals surface area contributed by atoms with Crippen LogP contribution in [0.15, 0.2) is 186 Å². The number of benzene rings is 8. The average molecular weight is 615 g/mol. The summed E-state index contributed by atoms with van der Waals surface area (Å²) < 4.78 is 6.65. The fourth-order valence-corrected chi connectivity index (χ4v) is 6.66. The van der Waals surface area contributed by atoms with E-state index in [9.17, 15) is 0 Å². The van der Waals surface area contributed by atoms with E-state index in [0.717, 1.165) is 50.1 Å². The average Bonchev–Trinajstić information content (AvgIpc) is 3.61. The van der Waals surface area contributed by atoms with E-state index in [4.69, 9.17) is 9.40 Å².